The van der Waals surface area contributed by atoms with E-state index < -0.39 is 0 Å². The van der Waals surface area contributed by atoms with Gasteiger partial charge in [-0.1, -0.05) is 18.2 Å². The monoisotopic (exact) mass is 182 g/mol. The number of nitrogens with zero attached hydrogens (tertiary/aromatic N) is 1. The molecule has 2 aromatic heterocycles. The summed E-state index contributed by atoms with van der Waals surface area (Å²) in [5.74, 6) is 0. The van der Waals surface area contributed by atoms with E-state index in [1.165, 1.54) is 10.8 Å². The Bertz CT molecular complexity index is 521. The fourth-order valence-corrected chi connectivity index (χ4v) is 1.68. The van der Waals surface area contributed by atoms with Crippen LogP contribution in [0, 0.1) is 0 Å². The fraction of sp³-hybridized carbons (Fsp3) is 0. The zero-order valence-corrected chi connectivity index (χ0v) is 6.99. The molecule has 2 nitrogen and oxygen atoms in total. The molecule has 0 aliphatic carbocycles. The lowest BCUT2D eigenvalue weighted by molar-refractivity contribution is 1.35. The summed E-state index contributed by atoms with van der Waals surface area (Å²) in [5.41, 5.74) is 2.11. The third kappa shape index (κ3) is 1.09. The third-order valence-electron chi connectivity index (χ3n) is 2.28. The number of fused-ring (bicyclic) bond motifs is 3. The number of pyridine rings is 1. The van der Waals surface area contributed by atoms with E-state index in [0.29, 0.717) is 0 Å². The lowest BCUT2D eigenvalue weighted by Gasteiger charge is -1.87. The van der Waals surface area contributed by atoms with Gasteiger partial charge in [-0.3, -0.25) is 0 Å². The second kappa shape index (κ2) is 3.18. The van der Waals surface area contributed by atoms with Crippen LogP contribution in [0.4, 0.5) is 0 Å². The zero-order valence-electron chi connectivity index (χ0n) is 6.99. The van der Waals surface area contributed by atoms with Gasteiger partial charge in [0.15, 0.2) is 0 Å². The maximum atomic E-state index is 4.26. The number of benzene rings is 1. The van der Waals surface area contributed by atoms with Crippen LogP contribution in [0.2, 0.25) is 0 Å². The highest BCUT2D eigenvalue weighted by molar-refractivity contribution is 6.05. The maximum Gasteiger partial charge on any atom is 0.138 e. The van der Waals surface area contributed by atoms with Crippen LogP contribution in [0.5, 0.6) is 0 Å². The minimum absolute atomic E-state index is 0. The molecule has 0 amide bonds. The second-order valence-corrected chi connectivity index (χ2v) is 3.07. The molecule has 0 unspecified atom stereocenters. The summed E-state index contributed by atoms with van der Waals surface area (Å²) in [6.45, 7) is 0. The number of aromatic nitrogens is 2. The summed E-state index contributed by atoms with van der Waals surface area (Å²) >= 11 is 0. The summed E-state index contributed by atoms with van der Waals surface area (Å²) in [6, 6.07) is 12.3. The summed E-state index contributed by atoms with van der Waals surface area (Å²) in [4.78, 5) is 7.53. The number of nitrogens with one attached hydrogen (secondary N) is 1. The van der Waals surface area contributed by atoms with Crippen LogP contribution in [-0.2, 0) is 0 Å². The van der Waals surface area contributed by atoms with E-state index in [9.17, 15) is 0 Å². The third-order valence-corrected chi connectivity index (χ3v) is 2.28. The highest BCUT2D eigenvalue weighted by Gasteiger charge is 2.01. The molecule has 0 saturated heterocycles. The highest BCUT2D eigenvalue weighted by atomic mass is 14.8. The summed E-state index contributed by atoms with van der Waals surface area (Å²) < 4.78 is 0. The van der Waals surface area contributed by atoms with Crippen LogP contribution in [0.1, 0.15) is 0 Å². The van der Waals surface area contributed by atoms with Gasteiger partial charge in [0.05, 0.1) is 8.41 Å². The van der Waals surface area contributed by atoms with E-state index in [-0.39, 0.29) is 8.41 Å². The molecule has 0 radical (unpaired) electrons. The average Bonchev–Trinajstić information content (AvgIpc) is 2.56. The molecule has 2 heterocycles. The van der Waals surface area contributed by atoms with Crippen molar-refractivity contribution in [2.24, 2.45) is 0 Å². The number of rotatable bonds is 0. The Morgan fingerprint density at radius 2 is 1.71 bits per heavy atom. The molecule has 3 aromatic rings. The zero-order chi connectivity index (χ0) is 8.67. The van der Waals surface area contributed by atoms with E-state index in [2.05, 4.69) is 28.2 Å². The molecule has 0 saturated carbocycles. The predicted molar refractivity (Wildman–Crippen MR) is 63.5 cm³/mol. The molecule has 0 atom stereocenters. The Kier molecular flexibility index (Phi) is 2.00. The second-order valence-electron chi connectivity index (χ2n) is 3.07. The van der Waals surface area contributed by atoms with Crippen molar-refractivity contribution < 1.29 is 0 Å². The maximum absolute atomic E-state index is 4.26. The Morgan fingerprint density at radius 3 is 2.64 bits per heavy atom. The molecule has 68 valence electrons. The molecule has 0 aliphatic rings. The van der Waals surface area contributed by atoms with Crippen molar-refractivity contribution in [2.75, 3.05) is 0 Å². The first kappa shape index (κ1) is 8.82. The van der Waals surface area contributed by atoms with Gasteiger partial charge in [-0.05, 0) is 18.2 Å². The Hall–Kier alpha value is -1.77. The molecule has 1 aromatic carbocycles. The largest absolute Gasteiger partial charge is 0.339 e. The van der Waals surface area contributed by atoms with Gasteiger partial charge in [0.1, 0.15) is 5.65 Å². The quantitative estimate of drug-likeness (QED) is 0.524. The minimum Gasteiger partial charge on any atom is -0.339 e. The number of hydrogen-bond acceptors (Lipinski definition) is 1. The van der Waals surface area contributed by atoms with Gasteiger partial charge in [0.2, 0.25) is 0 Å². The predicted octanol–water partition coefficient (Wildman–Crippen LogP) is 1.53. The average molecular weight is 182 g/mol. The lowest BCUT2D eigenvalue weighted by Crippen LogP contribution is -1.71. The van der Waals surface area contributed by atoms with Crippen molar-refractivity contribution in [3.63, 3.8) is 0 Å². The van der Waals surface area contributed by atoms with E-state index >= 15 is 0 Å². The molecule has 0 bridgehead atoms. The lowest BCUT2D eigenvalue weighted by atomic mass is 10.2. The SMILES string of the molecule is B.c1ccc2c(c1)[nH]c1ncccc12. The number of H-pyrrole nitrogens is 1. The number of aromatic amines is 1. The Balaban J connectivity index is 0.000000750. The number of para-hydroxylation sites is 1. The van der Waals surface area contributed by atoms with Crippen molar-refractivity contribution in [1.29, 1.82) is 0 Å². The van der Waals surface area contributed by atoms with E-state index in [0.717, 1.165) is 11.2 Å². The van der Waals surface area contributed by atoms with Crippen LogP contribution < -0.4 is 0 Å². The van der Waals surface area contributed by atoms with Crippen LogP contribution in [0.3, 0.4) is 0 Å². The summed E-state index contributed by atoms with van der Waals surface area (Å²) in [6.07, 6.45) is 1.80. The smallest absolute Gasteiger partial charge is 0.138 e. The first-order valence-corrected chi connectivity index (χ1v) is 4.26. The molecule has 3 rings (SSSR count). The van der Waals surface area contributed by atoms with Gasteiger partial charge < -0.3 is 4.98 Å². The minimum atomic E-state index is 0. The number of hydrogen-bond donors (Lipinski definition) is 1. The Labute approximate surface area is 83.5 Å². The summed E-state index contributed by atoms with van der Waals surface area (Å²) in [7, 11) is 0. The molecule has 3 heteroatoms. The van der Waals surface area contributed by atoms with Crippen LogP contribution in [0.25, 0.3) is 21.9 Å². The highest BCUT2D eigenvalue weighted by Crippen LogP contribution is 2.22. The van der Waals surface area contributed by atoms with E-state index in [1.807, 2.05) is 18.2 Å². The molecular formula is C11H11BN2. The van der Waals surface area contributed by atoms with Crippen molar-refractivity contribution in [2.45, 2.75) is 0 Å². The van der Waals surface area contributed by atoms with Crippen molar-refractivity contribution in [1.82, 2.24) is 9.97 Å². The molecule has 0 spiro atoms. The van der Waals surface area contributed by atoms with Crippen molar-refractivity contribution in [3.8, 4) is 0 Å². The first-order valence-electron chi connectivity index (χ1n) is 4.26. The molecular weight excluding hydrogens is 171 g/mol. The van der Waals surface area contributed by atoms with E-state index in [1.54, 1.807) is 6.20 Å². The van der Waals surface area contributed by atoms with Gasteiger partial charge in [-0.25, -0.2) is 4.98 Å². The molecule has 14 heavy (non-hydrogen) atoms. The summed E-state index contributed by atoms with van der Waals surface area (Å²) in [5, 5.41) is 2.43. The fourth-order valence-electron chi connectivity index (χ4n) is 1.68. The molecule has 1 N–H and O–H groups in total. The molecule has 0 fully saturated rings. The van der Waals surface area contributed by atoms with Crippen LogP contribution >= 0.6 is 0 Å². The van der Waals surface area contributed by atoms with Gasteiger partial charge in [-0.15, -0.1) is 0 Å². The topological polar surface area (TPSA) is 28.7 Å². The van der Waals surface area contributed by atoms with Crippen molar-refractivity contribution in [3.05, 3.63) is 42.6 Å². The standard InChI is InChI=1S/C11H8N2.BH3/c1-2-6-10-8(4-1)9-5-3-7-12-11(9)13-10;/h1-7H,(H,12,13);1H3. The first-order chi connectivity index (χ1) is 6.45. The normalized spacial score (nSPS) is 10.3. The van der Waals surface area contributed by atoms with Gasteiger partial charge >= 0.3 is 0 Å². The van der Waals surface area contributed by atoms with Crippen LogP contribution in [0.15, 0.2) is 42.6 Å². The van der Waals surface area contributed by atoms with Crippen LogP contribution in [-0.4, -0.2) is 18.4 Å². The molecule has 0 aliphatic heterocycles. The van der Waals surface area contributed by atoms with Crippen molar-refractivity contribution >= 4 is 30.3 Å². The van der Waals surface area contributed by atoms with E-state index in [4.69, 9.17) is 0 Å². The van der Waals surface area contributed by atoms with Gasteiger partial charge in [-0.2, -0.15) is 0 Å². The van der Waals surface area contributed by atoms with Gasteiger partial charge in [0, 0.05) is 22.5 Å². The Morgan fingerprint density at radius 1 is 0.929 bits per heavy atom. The van der Waals surface area contributed by atoms with Gasteiger partial charge in [0.25, 0.3) is 0 Å².